The molecular weight excluding hydrogens is 306 g/mol. The molecule has 0 bridgehead atoms. The number of alkyl halides is 1. The first kappa shape index (κ1) is 13.9. The van der Waals surface area contributed by atoms with Crippen LogP contribution in [0.25, 0.3) is 0 Å². The van der Waals surface area contributed by atoms with Gasteiger partial charge >= 0.3 is 0 Å². The third-order valence-electron chi connectivity index (χ3n) is 2.91. The molecule has 0 aliphatic rings. The van der Waals surface area contributed by atoms with Crippen molar-refractivity contribution < 1.29 is 9.21 Å². The van der Waals surface area contributed by atoms with E-state index in [0.29, 0.717) is 11.1 Å². The van der Waals surface area contributed by atoms with Crippen molar-refractivity contribution in [3.05, 3.63) is 59.5 Å². The molecule has 0 radical (unpaired) electrons. The number of aryl methyl sites for hydroxylation is 1. The number of nitrogens with one attached hydrogen (secondary N) is 1. The highest BCUT2D eigenvalue weighted by atomic mass is 79.9. The van der Waals surface area contributed by atoms with Crippen LogP contribution in [-0.2, 0) is 6.42 Å². The summed E-state index contributed by atoms with van der Waals surface area (Å²) in [6.07, 6.45) is 2.32. The standard InChI is InChI=1S/C15H16BrNO2/c1-11-7-8-19-14(11)15(18)17-13(10-16)9-12-5-3-2-4-6-12/h2-8,13H,9-10H2,1H3,(H,17,18). The maximum absolute atomic E-state index is 12.1. The van der Waals surface area contributed by atoms with E-state index in [-0.39, 0.29) is 11.9 Å². The Hall–Kier alpha value is -1.55. The molecule has 0 fully saturated rings. The minimum Gasteiger partial charge on any atom is -0.459 e. The highest BCUT2D eigenvalue weighted by Crippen LogP contribution is 2.10. The molecule has 1 heterocycles. The van der Waals surface area contributed by atoms with Gasteiger partial charge in [0.05, 0.1) is 6.26 Å². The maximum Gasteiger partial charge on any atom is 0.287 e. The summed E-state index contributed by atoms with van der Waals surface area (Å²) in [6, 6.07) is 11.9. The number of carbonyl (C=O) groups excluding carboxylic acids is 1. The topological polar surface area (TPSA) is 42.2 Å². The molecule has 1 aromatic heterocycles. The van der Waals surface area contributed by atoms with Gasteiger partial charge in [-0.1, -0.05) is 46.3 Å². The van der Waals surface area contributed by atoms with Crippen molar-refractivity contribution in [2.45, 2.75) is 19.4 Å². The highest BCUT2D eigenvalue weighted by Gasteiger charge is 2.17. The lowest BCUT2D eigenvalue weighted by Crippen LogP contribution is -2.37. The van der Waals surface area contributed by atoms with E-state index < -0.39 is 0 Å². The van der Waals surface area contributed by atoms with Gasteiger partial charge in [-0.25, -0.2) is 0 Å². The van der Waals surface area contributed by atoms with E-state index in [0.717, 1.165) is 12.0 Å². The first-order valence-corrected chi connectivity index (χ1v) is 7.27. The number of amides is 1. The molecule has 4 heteroatoms. The molecule has 100 valence electrons. The number of hydrogen-bond acceptors (Lipinski definition) is 2. The Kier molecular flexibility index (Phi) is 4.80. The Morgan fingerprint density at radius 3 is 2.63 bits per heavy atom. The van der Waals surface area contributed by atoms with E-state index in [9.17, 15) is 4.79 Å². The zero-order valence-corrected chi connectivity index (χ0v) is 12.3. The molecule has 0 aliphatic carbocycles. The van der Waals surface area contributed by atoms with Crippen LogP contribution in [0.5, 0.6) is 0 Å². The maximum atomic E-state index is 12.1. The largest absolute Gasteiger partial charge is 0.459 e. The fraction of sp³-hybridized carbons (Fsp3) is 0.267. The average Bonchev–Trinajstić information content (AvgIpc) is 2.85. The Morgan fingerprint density at radius 2 is 2.05 bits per heavy atom. The Bertz CT molecular complexity index is 536. The van der Waals surface area contributed by atoms with Crippen molar-refractivity contribution in [3.8, 4) is 0 Å². The summed E-state index contributed by atoms with van der Waals surface area (Å²) in [4.78, 5) is 12.1. The van der Waals surface area contributed by atoms with Gasteiger partial charge < -0.3 is 9.73 Å². The van der Waals surface area contributed by atoms with Crippen molar-refractivity contribution in [1.29, 1.82) is 0 Å². The van der Waals surface area contributed by atoms with Crippen LogP contribution in [0.3, 0.4) is 0 Å². The van der Waals surface area contributed by atoms with Gasteiger partial charge in [-0.3, -0.25) is 4.79 Å². The monoisotopic (exact) mass is 321 g/mol. The normalized spacial score (nSPS) is 12.1. The van der Waals surface area contributed by atoms with E-state index in [1.165, 1.54) is 11.8 Å². The fourth-order valence-corrected chi connectivity index (χ4v) is 2.29. The summed E-state index contributed by atoms with van der Waals surface area (Å²) in [7, 11) is 0. The van der Waals surface area contributed by atoms with Crippen LogP contribution in [-0.4, -0.2) is 17.3 Å². The lowest BCUT2D eigenvalue weighted by atomic mass is 10.1. The third kappa shape index (κ3) is 3.70. The summed E-state index contributed by atoms with van der Waals surface area (Å²) in [5.41, 5.74) is 2.05. The van der Waals surface area contributed by atoms with Gasteiger partial charge in [0.2, 0.25) is 0 Å². The van der Waals surface area contributed by atoms with Crippen molar-refractivity contribution in [2.75, 3.05) is 5.33 Å². The number of hydrogen-bond donors (Lipinski definition) is 1. The zero-order valence-electron chi connectivity index (χ0n) is 10.7. The summed E-state index contributed by atoms with van der Waals surface area (Å²) < 4.78 is 5.19. The SMILES string of the molecule is Cc1ccoc1C(=O)NC(CBr)Cc1ccccc1. The van der Waals surface area contributed by atoms with Gasteiger partial charge in [-0.05, 0) is 25.0 Å². The molecule has 1 aromatic carbocycles. The van der Waals surface area contributed by atoms with Crippen LogP contribution in [0, 0.1) is 6.92 Å². The van der Waals surface area contributed by atoms with Crippen LogP contribution >= 0.6 is 15.9 Å². The molecule has 0 saturated carbocycles. The van der Waals surface area contributed by atoms with Gasteiger partial charge in [0.15, 0.2) is 5.76 Å². The van der Waals surface area contributed by atoms with Crippen molar-refractivity contribution >= 4 is 21.8 Å². The van der Waals surface area contributed by atoms with Gasteiger partial charge in [-0.15, -0.1) is 0 Å². The average molecular weight is 322 g/mol. The highest BCUT2D eigenvalue weighted by molar-refractivity contribution is 9.09. The van der Waals surface area contributed by atoms with Crippen molar-refractivity contribution in [2.24, 2.45) is 0 Å². The first-order valence-electron chi connectivity index (χ1n) is 6.15. The minimum absolute atomic E-state index is 0.0411. The van der Waals surface area contributed by atoms with Crippen LogP contribution in [0.1, 0.15) is 21.7 Å². The quantitative estimate of drug-likeness (QED) is 0.858. The molecule has 0 spiro atoms. The third-order valence-corrected chi connectivity index (χ3v) is 3.70. The lowest BCUT2D eigenvalue weighted by molar-refractivity contribution is 0.0912. The molecule has 1 unspecified atom stereocenters. The molecular formula is C15H16BrNO2. The van der Waals surface area contributed by atoms with Gasteiger partial charge in [0.25, 0.3) is 5.91 Å². The lowest BCUT2D eigenvalue weighted by Gasteiger charge is -2.15. The molecule has 19 heavy (non-hydrogen) atoms. The zero-order chi connectivity index (χ0) is 13.7. The second-order valence-electron chi connectivity index (χ2n) is 4.45. The van der Waals surface area contributed by atoms with Gasteiger partial charge in [0, 0.05) is 16.9 Å². The second-order valence-corrected chi connectivity index (χ2v) is 5.09. The van der Waals surface area contributed by atoms with E-state index in [1.807, 2.05) is 25.1 Å². The number of furan rings is 1. The van der Waals surface area contributed by atoms with Gasteiger partial charge in [0.1, 0.15) is 0 Å². The molecule has 1 N–H and O–H groups in total. The summed E-state index contributed by atoms with van der Waals surface area (Å²) in [6.45, 7) is 1.86. The van der Waals surface area contributed by atoms with Crippen LogP contribution in [0.4, 0.5) is 0 Å². The van der Waals surface area contributed by atoms with Gasteiger partial charge in [-0.2, -0.15) is 0 Å². The first-order chi connectivity index (χ1) is 9.20. The Labute approximate surface area is 121 Å². The molecule has 1 amide bonds. The molecule has 0 saturated heterocycles. The molecule has 2 aromatic rings. The predicted octanol–water partition coefficient (Wildman–Crippen LogP) is 3.32. The molecule has 0 aliphatic heterocycles. The second kappa shape index (κ2) is 6.57. The van der Waals surface area contributed by atoms with Crippen LogP contribution in [0.15, 0.2) is 47.1 Å². The van der Waals surface area contributed by atoms with Crippen molar-refractivity contribution in [1.82, 2.24) is 5.32 Å². The number of halogens is 1. The van der Waals surface area contributed by atoms with Crippen LogP contribution in [0.2, 0.25) is 0 Å². The summed E-state index contributed by atoms with van der Waals surface area (Å²) in [5.74, 6) is 0.224. The number of rotatable bonds is 5. The number of carbonyl (C=O) groups is 1. The van der Waals surface area contributed by atoms with E-state index in [1.54, 1.807) is 6.07 Å². The predicted molar refractivity (Wildman–Crippen MR) is 78.6 cm³/mol. The summed E-state index contributed by atoms with van der Waals surface area (Å²) >= 11 is 3.44. The van der Waals surface area contributed by atoms with E-state index in [4.69, 9.17) is 4.42 Å². The molecule has 3 nitrogen and oxygen atoms in total. The van der Waals surface area contributed by atoms with Crippen LogP contribution < -0.4 is 5.32 Å². The van der Waals surface area contributed by atoms with E-state index >= 15 is 0 Å². The van der Waals surface area contributed by atoms with E-state index in [2.05, 4.69) is 33.4 Å². The molecule has 2 rings (SSSR count). The minimum atomic E-state index is -0.164. The summed E-state index contributed by atoms with van der Waals surface area (Å²) in [5, 5.41) is 3.68. The van der Waals surface area contributed by atoms with Crippen molar-refractivity contribution in [3.63, 3.8) is 0 Å². The Balaban J connectivity index is 2.00. The smallest absolute Gasteiger partial charge is 0.287 e. The Morgan fingerprint density at radius 1 is 1.32 bits per heavy atom. The number of benzene rings is 1. The fourth-order valence-electron chi connectivity index (χ4n) is 1.90. The molecule has 1 atom stereocenters.